The molecule has 0 bridgehead atoms. The molecule has 1 unspecified atom stereocenters. The molecule has 2 amide bonds. The zero-order valence-electron chi connectivity index (χ0n) is 17.4. The molecule has 31 heavy (non-hydrogen) atoms. The standard InChI is InChI=1S/C22H25N5O2S2/c1-3-13-23-21-26-27-22(31-21)30-14-19(28)25-18-12-8-7-11-17(18)20(29)24-15(2)16-9-5-4-6-10-16/h4-12,15H,3,13-14H2,1-2H3,(H,23,26)(H,24,29)(H,25,28). The first-order valence-electron chi connectivity index (χ1n) is 10.0. The van der Waals surface area contributed by atoms with Crippen LogP contribution in [0.15, 0.2) is 58.9 Å². The van der Waals surface area contributed by atoms with Crippen molar-refractivity contribution in [3.05, 3.63) is 65.7 Å². The number of para-hydroxylation sites is 1. The Morgan fingerprint density at radius 2 is 1.81 bits per heavy atom. The van der Waals surface area contributed by atoms with E-state index in [1.807, 2.05) is 37.3 Å². The Bertz CT molecular complexity index is 1010. The van der Waals surface area contributed by atoms with Gasteiger partial charge in [0.05, 0.1) is 23.0 Å². The van der Waals surface area contributed by atoms with Gasteiger partial charge < -0.3 is 16.0 Å². The van der Waals surface area contributed by atoms with Gasteiger partial charge in [0.1, 0.15) is 0 Å². The molecule has 1 aromatic heterocycles. The van der Waals surface area contributed by atoms with Crippen LogP contribution in [-0.2, 0) is 4.79 Å². The maximum Gasteiger partial charge on any atom is 0.253 e. The van der Waals surface area contributed by atoms with Gasteiger partial charge in [-0.25, -0.2) is 0 Å². The maximum atomic E-state index is 12.8. The van der Waals surface area contributed by atoms with Crippen molar-refractivity contribution in [1.82, 2.24) is 15.5 Å². The van der Waals surface area contributed by atoms with Gasteiger partial charge in [-0.1, -0.05) is 72.5 Å². The summed E-state index contributed by atoms with van der Waals surface area (Å²) in [5, 5.41) is 17.9. The Labute approximate surface area is 190 Å². The van der Waals surface area contributed by atoms with Gasteiger partial charge >= 0.3 is 0 Å². The van der Waals surface area contributed by atoms with Crippen LogP contribution in [0.25, 0.3) is 0 Å². The molecule has 0 fully saturated rings. The molecule has 0 aliphatic rings. The third kappa shape index (κ3) is 6.80. The smallest absolute Gasteiger partial charge is 0.253 e. The Morgan fingerprint density at radius 3 is 2.58 bits per heavy atom. The van der Waals surface area contributed by atoms with Crippen LogP contribution in [0.2, 0.25) is 0 Å². The predicted octanol–water partition coefficient (Wildman–Crippen LogP) is 4.58. The fraction of sp³-hybridized carbons (Fsp3) is 0.273. The summed E-state index contributed by atoms with van der Waals surface area (Å²) in [4.78, 5) is 25.3. The van der Waals surface area contributed by atoms with E-state index in [9.17, 15) is 9.59 Å². The molecule has 3 rings (SSSR count). The fourth-order valence-electron chi connectivity index (χ4n) is 2.77. The number of anilines is 2. The summed E-state index contributed by atoms with van der Waals surface area (Å²) in [7, 11) is 0. The molecule has 7 nitrogen and oxygen atoms in total. The lowest BCUT2D eigenvalue weighted by molar-refractivity contribution is -0.113. The minimum atomic E-state index is -0.240. The van der Waals surface area contributed by atoms with E-state index < -0.39 is 0 Å². The number of benzene rings is 2. The monoisotopic (exact) mass is 455 g/mol. The van der Waals surface area contributed by atoms with E-state index in [0.29, 0.717) is 11.3 Å². The maximum absolute atomic E-state index is 12.8. The molecule has 2 aromatic carbocycles. The number of aromatic nitrogens is 2. The summed E-state index contributed by atoms with van der Waals surface area (Å²) >= 11 is 2.74. The topological polar surface area (TPSA) is 96.0 Å². The van der Waals surface area contributed by atoms with Gasteiger partial charge in [-0.15, -0.1) is 10.2 Å². The highest BCUT2D eigenvalue weighted by molar-refractivity contribution is 8.01. The van der Waals surface area contributed by atoms with E-state index in [-0.39, 0.29) is 23.6 Å². The third-order valence-electron chi connectivity index (χ3n) is 4.35. The largest absolute Gasteiger partial charge is 0.360 e. The number of amides is 2. The van der Waals surface area contributed by atoms with Crippen molar-refractivity contribution in [3.8, 4) is 0 Å². The van der Waals surface area contributed by atoms with Gasteiger partial charge in [0.15, 0.2) is 4.34 Å². The van der Waals surface area contributed by atoms with Crippen molar-refractivity contribution in [2.24, 2.45) is 0 Å². The highest BCUT2D eigenvalue weighted by atomic mass is 32.2. The van der Waals surface area contributed by atoms with Gasteiger partial charge in [-0.05, 0) is 31.0 Å². The zero-order valence-corrected chi connectivity index (χ0v) is 19.1. The molecular formula is C22H25N5O2S2. The van der Waals surface area contributed by atoms with Crippen LogP contribution in [0.5, 0.6) is 0 Å². The van der Waals surface area contributed by atoms with E-state index in [0.717, 1.165) is 28.0 Å². The SMILES string of the molecule is CCCNc1nnc(SCC(=O)Nc2ccccc2C(=O)NC(C)c2ccccc2)s1. The molecule has 0 spiro atoms. The van der Waals surface area contributed by atoms with Crippen molar-refractivity contribution in [2.45, 2.75) is 30.6 Å². The van der Waals surface area contributed by atoms with E-state index >= 15 is 0 Å². The predicted molar refractivity (Wildman–Crippen MR) is 127 cm³/mol. The van der Waals surface area contributed by atoms with Crippen LogP contribution in [0.4, 0.5) is 10.8 Å². The van der Waals surface area contributed by atoms with Crippen molar-refractivity contribution in [3.63, 3.8) is 0 Å². The lowest BCUT2D eigenvalue weighted by atomic mass is 10.1. The number of nitrogens with one attached hydrogen (secondary N) is 3. The van der Waals surface area contributed by atoms with Crippen LogP contribution >= 0.6 is 23.1 Å². The Balaban J connectivity index is 1.57. The van der Waals surface area contributed by atoms with Gasteiger partial charge in [0, 0.05) is 6.54 Å². The molecule has 9 heteroatoms. The number of nitrogens with zero attached hydrogens (tertiary/aromatic N) is 2. The Morgan fingerprint density at radius 1 is 1.06 bits per heavy atom. The Kier molecular flexibility index (Phi) is 8.43. The number of rotatable bonds is 10. The second-order valence-electron chi connectivity index (χ2n) is 6.79. The Hall–Kier alpha value is -2.91. The van der Waals surface area contributed by atoms with Gasteiger partial charge in [-0.2, -0.15) is 0 Å². The summed E-state index contributed by atoms with van der Waals surface area (Å²) in [6.07, 6.45) is 1.00. The van der Waals surface area contributed by atoms with Crippen LogP contribution in [0.3, 0.4) is 0 Å². The summed E-state index contributed by atoms with van der Waals surface area (Å²) < 4.78 is 0.719. The van der Waals surface area contributed by atoms with Crippen LogP contribution < -0.4 is 16.0 Å². The number of carbonyl (C=O) groups excluding carboxylic acids is 2. The molecule has 0 aliphatic carbocycles. The summed E-state index contributed by atoms with van der Waals surface area (Å²) in [5.74, 6) is -0.269. The highest BCUT2D eigenvalue weighted by Crippen LogP contribution is 2.26. The first-order valence-corrected chi connectivity index (χ1v) is 11.8. The molecule has 3 N–H and O–H groups in total. The normalized spacial score (nSPS) is 11.5. The van der Waals surface area contributed by atoms with Gasteiger partial charge in [0.2, 0.25) is 11.0 Å². The molecule has 0 saturated heterocycles. The number of carbonyl (C=O) groups is 2. The molecule has 0 saturated carbocycles. The first-order chi connectivity index (χ1) is 15.1. The fourth-order valence-corrected chi connectivity index (χ4v) is 4.35. The van der Waals surface area contributed by atoms with Crippen LogP contribution in [0.1, 0.15) is 42.2 Å². The highest BCUT2D eigenvalue weighted by Gasteiger charge is 2.16. The second-order valence-corrected chi connectivity index (χ2v) is 8.99. The number of thioether (sulfide) groups is 1. The minimum absolute atomic E-state index is 0.152. The number of hydrogen-bond acceptors (Lipinski definition) is 7. The lowest BCUT2D eigenvalue weighted by Crippen LogP contribution is -2.28. The molecule has 1 atom stereocenters. The average Bonchev–Trinajstić information content (AvgIpc) is 3.25. The van der Waals surface area contributed by atoms with Crippen molar-refractivity contribution in [1.29, 1.82) is 0 Å². The molecule has 0 aliphatic heterocycles. The van der Waals surface area contributed by atoms with Crippen molar-refractivity contribution >= 4 is 45.7 Å². The molecule has 0 radical (unpaired) electrons. The summed E-state index contributed by atoms with van der Waals surface area (Å²) in [6, 6.07) is 16.6. The van der Waals surface area contributed by atoms with Crippen molar-refractivity contribution < 1.29 is 9.59 Å². The van der Waals surface area contributed by atoms with E-state index in [1.54, 1.807) is 24.3 Å². The minimum Gasteiger partial charge on any atom is -0.360 e. The molecule has 3 aromatic rings. The first kappa shape index (κ1) is 22.8. The average molecular weight is 456 g/mol. The van der Waals surface area contributed by atoms with Crippen LogP contribution in [-0.4, -0.2) is 34.3 Å². The summed E-state index contributed by atoms with van der Waals surface area (Å²) in [5.41, 5.74) is 1.91. The van der Waals surface area contributed by atoms with Gasteiger partial charge in [-0.3, -0.25) is 9.59 Å². The van der Waals surface area contributed by atoms with Gasteiger partial charge in [0.25, 0.3) is 5.91 Å². The van der Waals surface area contributed by atoms with E-state index in [2.05, 4.69) is 33.1 Å². The second kappa shape index (κ2) is 11.5. The molecule has 1 heterocycles. The molecule has 162 valence electrons. The molecular weight excluding hydrogens is 430 g/mol. The number of hydrogen-bond donors (Lipinski definition) is 3. The zero-order chi connectivity index (χ0) is 22.1. The van der Waals surface area contributed by atoms with E-state index in [4.69, 9.17) is 0 Å². The lowest BCUT2D eigenvalue weighted by Gasteiger charge is -2.16. The third-order valence-corrected chi connectivity index (χ3v) is 6.37. The summed E-state index contributed by atoms with van der Waals surface area (Å²) in [6.45, 7) is 4.84. The van der Waals surface area contributed by atoms with E-state index in [1.165, 1.54) is 23.1 Å². The van der Waals surface area contributed by atoms with Crippen molar-refractivity contribution in [2.75, 3.05) is 22.9 Å². The quantitative estimate of drug-likeness (QED) is 0.387. The van der Waals surface area contributed by atoms with Crippen LogP contribution in [0, 0.1) is 0 Å².